The van der Waals surface area contributed by atoms with Crippen molar-refractivity contribution in [1.29, 1.82) is 10.5 Å². The molecule has 1 rings (SSSR count). The van der Waals surface area contributed by atoms with Gasteiger partial charge in [-0.05, 0) is 18.2 Å². The van der Waals surface area contributed by atoms with Crippen LogP contribution in [0.1, 0.15) is 11.1 Å². The number of rotatable bonds is 4. The molecule has 1 amide bonds. The van der Waals surface area contributed by atoms with Crippen LogP contribution in [0.25, 0.3) is 0 Å². The summed E-state index contributed by atoms with van der Waals surface area (Å²) in [5, 5.41) is 19.7. The normalized spacial score (nSPS) is 10.6. The SMILES string of the molecule is CN(C(=O)CNCC(F)(F)F)c1ccc(C#N)c(C#N)c1. The Morgan fingerprint density at radius 3 is 2.43 bits per heavy atom. The fourth-order valence-corrected chi connectivity index (χ4v) is 1.50. The van der Waals surface area contributed by atoms with Crippen LogP contribution in [-0.4, -0.2) is 32.2 Å². The number of halogens is 3. The highest BCUT2D eigenvalue weighted by molar-refractivity contribution is 5.94. The third-order valence-electron chi connectivity index (χ3n) is 2.61. The molecule has 0 unspecified atom stereocenters. The summed E-state index contributed by atoms with van der Waals surface area (Å²) in [5.41, 5.74) is 0.583. The van der Waals surface area contributed by atoms with Crippen LogP contribution in [0, 0.1) is 22.7 Å². The highest BCUT2D eigenvalue weighted by Crippen LogP contribution is 2.18. The van der Waals surface area contributed by atoms with E-state index in [0.29, 0.717) is 5.69 Å². The smallest absolute Gasteiger partial charge is 0.314 e. The summed E-state index contributed by atoms with van der Waals surface area (Å²) in [4.78, 5) is 12.8. The van der Waals surface area contributed by atoms with Crippen LogP contribution in [0.5, 0.6) is 0 Å². The monoisotopic (exact) mass is 296 g/mol. The predicted octanol–water partition coefficient (Wildman–Crippen LogP) is 1.54. The fourth-order valence-electron chi connectivity index (χ4n) is 1.50. The lowest BCUT2D eigenvalue weighted by atomic mass is 10.1. The van der Waals surface area contributed by atoms with Crippen molar-refractivity contribution in [2.24, 2.45) is 0 Å². The zero-order valence-corrected chi connectivity index (χ0v) is 11.0. The summed E-state index contributed by atoms with van der Waals surface area (Å²) in [7, 11) is 1.38. The highest BCUT2D eigenvalue weighted by atomic mass is 19.4. The van der Waals surface area contributed by atoms with Crippen LogP contribution in [0.2, 0.25) is 0 Å². The molecule has 0 saturated heterocycles. The van der Waals surface area contributed by atoms with Gasteiger partial charge in [-0.3, -0.25) is 4.79 Å². The maximum absolute atomic E-state index is 12.0. The summed E-state index contributed by atoms with van der Waals surface area (Å²) in [5.74, 6) is -0.590. The lowest BCUT2D eigenvalue weighted by molar-refractivity contribution is -0.127. The van der Waals surface area contributed by atoms with Crippen LogP contribution in [0.3, 0.4) is 0 Å². The molecular weight excluding hydrogens is 285 g/mol. The van der Waals surface area contributed by atoms with Gasteiger partial charge in [0.25, 0.3) is 0 Å². The van der Waals surface area contributed by atoms with Gasteiger partial charge in [-0.15, -0.1) is 0 Å². The van der Waals surface area contributed by atoms with Gasteiger partial charge in [0.1, 0.15) is 12.1 Å². The van der Waals surface area contributed by atoms with Crippen LogP contribution >= 0.6 is 0 Å². The van der Waals surface area contributed by atoms with Crippen LogP contribution < -0.4 is 10.2 Å². The molecule has 0 spiro atoms. The maximum atomic E-state index is 12.0. The number of benzene rings is 1. The van der Waals surface area contributed by atoms with E-state index in [2.05, 4.69) is 0 Å². The minimum atomic E-state index is -4.39. The van der Waals surface area contributed by atoms with Crippen molar-refractivity contribution in [3.63, 3.8) is 0 Å². The first-order valence-corrected chi connectivity index (χ1v) is 5.76. The molecule has 1 aromatic rings. The van der Waals surface area contributed by atoms with Crippen molar-refractivity contribution in [3.8, 4) is 12.1 Å². The summed E-state index contributed by atoms with van der Waals surface area (Å²) in [6.07, 6.45) is -4.39. The van der Waals surface area contributed by atoms with Gasteiger partial charge in [-0.2, -0.15) is 23.7 Å². The molecule has 0 fully saturated rings. The van der Waals surface area contributed by atoms with E-state index in [4.69, 9.17) is 10.5 Å². The molecule has 0 bridgehead atoms. The minimum absolute atomic E-state index is 0.0953. The second-order valence-electron chi connectivity index (χ2n) is 4.12. The van der Waals surface area contributed by atoms with Crippen molar-refractivity contribution in [2.75, 3.05) is 25.0 Å². The number of nitrogens with one attached hydrogen (secondary N) is 1. The molecule has 110 valence electrons. The number of likely N-dealkylation sites (N-methyl/N-ethyl adjacent to an activating group) is 1. The Kier molecular flexibility index (Phi) is 5.28. The highest BCUT2D eigenvalue weighted by Gasteiger charge is 2.26. The Balaban J connectivity index is 2.75. The molecule has 0 aromatic heterocycles. The van der Waals surface area contributed by atoms with Crippen molar-refractivity contribution in [3.05, 3.63) is 29.3 Å². The standard InChI is InChI=1S/C13H11F3N4O/c1-20(12(21)7-19-8-13(14,15)16)11-3-2-9(5-17)10(4-11)6-18/h2-4,19H,7-8H2,1H3. The number of nitriles is 2. The molecule has 0 aliphatic heterocycles. The number of carbonyl (C=O) groups excluding carboxylic acids is 1. The molecule has 0 aliphatic carbocycles. The summed E-state index contributed by atoms with van der Waals surface area (Å²) < 4.78 is 35.9. The molecule has 21 heavy (non-hydrogen) atoms. The summed E-state index contributed by atoms with van der Waals surface area (Å²) >= 11 is 0. The van der Waals surface area contributed by atoms with Gasteiger partial charge >= 0.3 is 6.18 Å². The van der Waals surface area contributed by atoms with Gasteiger partial charge in [-0.25, -0.2) is 0 Å². The first-order chi connectivity index (χ1) is 9.78. The Hall–Kier alpha value is -2.58. The quantitative estimate of drug-likeness (QED) is 0.914. The largest absolute Gasteiger partial charge is 0.401 e. The minimum Gasteiger partial charge on any atom is -0.314 e. The zero-order valence-electron chi connectivity index (χ0n) is 11.0. The second kappa shape index (κ2) is 6.73. The molecule has 1 aromatic carbocycles. The van der Waals surface area contributed by atoms with Gasteiger partial charge in [0, 0.05) is 12.7 Å². The summed E-state index contributed by atoms with van der Waals surface area (Å²) in [6.45, 7) is -1.75. The van der Waals surface area contributed by atoms with E-state index in [1.807, 2.05) is 17.5 Å². The first-order valence-electron chi connectivity index (χ1n) is 5.76. The van der Waals surface area contributed by atoms with E-state index < -0.39 is 25.2 Å². The fraction of sp³-hybridized carbons (Fsp3) is 0.308. The lowest BCUT2D eigenvalue weighted by Gasteiger charge is -2.18. The number of alkyl halides is 3. The van der Waals surface area contributed by atoms with Crippen molar-refractivity contribution in [2.45, 2.75) is 6.18 Å². The number of amides is 1. The Bertz CT molecular complexity index is 613. The molecule has 0 aliphatic rings. The molecule has 0 radical (unpaired) electrons. The number of nitrogens with zero attached hydrogens (tertiary/aromatic N) is 3. The maximum Gasteiger partial charge on any atom is 0.401 e. The number of hydrogen-bond acceptors (Lipinski definition) is 4. The molecule has 1 N–H and O–H groups in total. The average molecular weight is 296 g/mol. The average Bonchev–Trinajstić information content (AvgIpc) is 2.44. The van der Waals surface area contributed by atoms with Crippen molar-refractivity contribution in [1.82, 2.24) is 5.32 Å². The molecule has 0 atom stereocenters. The van der Waals surface area contributed by atoms with Crippen LogP contribution in [0.4, 0.5) is 18.9 Å². The van der Waals surface area contributed by atoms with Crippen molar-refractivity contribution >= 4 is 11.6 Å². The van der Waals surface area contributed by atoms with Gasteiger partial charge in [0.05, 0.1) is 24.2 Å². The molecule has 0 heterocycles. The topological polar surface area (TPSA) is 79.9 Å². The summed E-state index contributed by atoms with van der Waals surface area (Å²) in [6, 6.07) is 7.80. The third kappa shape index (κ3) is 4.79. The van der Waals surface area contributed by atoms with Crippen LogP contribution in [-0.2, 0) is 4.79 Å². The number of hydrogen-bond donors (Lipinski definition) is 1. The van der Waals surface area contributed by atoms with E-state index >= 15 is 0 Å². The Morgan fingerprint density at radius 2 is 1.90 bits per heavy atom. The van der Waals surface area contributed by atoms with E-state index in [9.17, 15) is 18.0 Å². The van der Waals surface area contributed by atoms with Crippen molar-refractivity contribution < 1.29 is 18.0 Å². The zero-order chi connectivity index (χ0) is 16.0. The Labute approximate surface area is 119 Å². The predicted molar refractivity (Wildman–Crippen MR) is 68.2 cm³/mol. The van der Waals surface area contributed by atoms with Crippen LogP contribution in [0.15, 0.2) is 18.2 Å². The molecule has 8 heteroatoms. The molecule has 0 saturated carbocycles. The van der Waals surface area contributed by atoms with E-state index in [-0.39, 0.29) is 11.1 Å². The molecular formula is C13H11F3N4O. The van der Waals surface area contributed by atoms with Gasteiger partial charge < -0.3 is 10.2 Å². The number of carbonyl (C=O) groups is 1. The van der Waals surface area contributed by atoms with E-state index in [1.165, 1.54) is 25.2 Å². The Morgan fingerprint density at radius 1 is 1.29 bits per heavy atom. The third-order valence-corrected chi connectivity index (χ3v) is 2.61. The molecule has 5 nitrogen and oxygen atoms in total. The van der Waals surface area contributed by atoms with Gasteiger partial charge in [0.15, 0.2) is 0 Å². The van der Waals surface area contributed by atoms with Gasteiger partial charge in [0.2, 0.25) is 5.91 Å². The first kappa shape index (κ1) is 16.5. The second-order valence-corrected chi connectivity index (χ2v) is 4.12. The van der Waals surface area contributed by atoms with E-state index in [0.717, 1.165) is 4.90 Å². The number of anilines is 1. The lowest BCUT2D eigenvalue weighted by Crippen LogP contribution is -2.39. The van der Waals surface area contributed by atoms with Gasteiger partial charge in [-0.1, -0.05) is 0 Å². The van der Waals surface area contributed by atoms with E-state index in [1.54, 1.807) is 0 Å².